The van der Waals surface area contributed by atoms with Crippen LogP contribution in [0.4, 0.5) is 5.69 Å². The van der Waals surface area contributed by atoms with Gasteiger partial charge in [0.1, 0.15) is 11.9 Å². The number of benzene rings is 1. The number of rotatable bonds is 2. The summed E-state index contributed by atoms with van der Waals surface area (Å²) in [5, 5.41) is 2.07. The zero-order valence-corrected chi connectivity index (χ0v) is 11.2. The first kappa shape index (κ1) is 12.2. The molecule has 0 spiro atoms. The lowest BCUT2D eigenvalue weighted by molar-refractivity contribution is 0.115. The van der Waals surface area contributed by atoms with Gasteiger partial charge in [-0.2, -0.15) is 0 Å². The molecule has 3 rings (SSSR count). The molecule has 19 heavy (non-hydrogen) atoms. The van der Waals surface area contributed by atoms with Crippen molar-refractivity contribution in [2.45, 2.75) is 18.9 Å². The minimum atomic E-state index is 0.276. The van der Waals surface area contributed by atoms with E-state index in [-0.39, 0.29) is 6.10 Å². The van der Waals surface area contributed by atoms with Crippen molar-refractivity contribution >= 4 is 16.5 Å². The van der Waals surface area contributed by atoms with Gasteiger partial charge in [0, 0.05) is 36.3 Å². The van der Waals surface area contributed by atoms with Crippen LogP contribution in [0.3, 0.4) is 0 Å². The van der Waals surface area contributed by atoms with E-state index in [2.05, 4.69) is 16.9 Å². The van der Waals surface area contributed by atoms with Crippen LogP contribution in [0.5, 0.6) is 5.75 Å². The van der Waals surface area contributed by atoms with Crippen LogP contribution in [-0.4, -0.2) is 36.1 Å². The first-order valence-electron chi connectivity index (χ1n) is 6.71. The Morgan fingerprint density at radius 3 is 2.84 bits per heavy atom. The molecule has 4 heteroatoms. The lowest BCUT2D eigenvalue weighted by atomic mass is 10.1. The average Bonchev–Trinajstić information content (AvgIpc) is 2.45. The van der Waals surface area contributed by atoms with Crippen LogP contribution in [0.1, 0.15) is 12.8 Å². The van der Waals surface area contributed by atoms with Gasteiger partial charge in [0.2, 0.25) is 0 Å². The number of fused-ring (bicyclic) bond motifs is 1. The Morgan fingerprint density at radius 2 is 2.05 bits per heavy atom. The van der Waals surface area contributed by atoms with E-state index in [1.165, 1.54) is 0 Å². The van der Waals surface area contributed by atoms with Crippen molar-refractivity contribution in [2.24, 2.45) is 0 Å². The summed E-state index contributed by atoms with van der Waals surface area (Å²) >= 11 is 0. The fourth-order valence-corrected chi connectivity index (χ4v) is 2.56. The van der Waals surface area contributed by atoms with Gasteiger partial charge in [-0.3, -0.25) is 4.98 Å². The first-order valence-corrected chi connectivity index (χ1v) is 6.71. The highest BCUT2D eigenvalue weighted by atomic mass is 16.5. The lowest BCUT2D eigenvalue weighted by Gasteiger charge is -2.29. The molecule has 1 aliphatic rings. The number of ether oxygens (including phenoxy) is 1. The molecule has 1 fully saturated rings. The summed E-state index contributed by atoms with van der Waals surface area (Å²) in [5.74, 6) is 0.799. The number of piperidine rings is 1. The number of hydrogen-bond acceptors (Lipinski definition) is 4. The third kappa shape index (κ3) is 2.49. The van der Waals surface area contributed by atoms with Crippen molar-refractivity contribution in [2.75, 3.05) is 25.9 Å². The van der Waals surface area contributed by atoms with Crippen molar-refractivity contribution in [3.63, 3.8) is 0 Å². The van der Waals surface area contributed by atoms with Gasteiger partial charge < -0.3 is 15.4 Å². The van der Waals surface area contributed by atoms with Crippen LogP contribution in [0.25, 0.3) is 10.8 Å². The van der Waals surface area contributed by atoms with Crippen LogP contribution >= 0.6 is 0 Å². The van der Waals surface area contributed by atoms with E-state index >= 15 is 0 Å². The normalized spacial score (nSPS) is 17.7. The Morgan fingerprint density at radius 1 is 1.26 bits per heavy atom. The smallest absolute Gasteiger partial charge is 0.143 e. The van der Waals surface area contributed by atoms with Gasteiger partial charge in [-0.25, -0.2) is 0 Å². The highest BCUT2D eigenvalue weighted by Crippen LogP contribution is 2.31. The van der Waals surface area contributed by atoms with Crippen LogP contribution < -0.4 is 10.5 Å². The monoisotopic (exact) mass is 257 g/mol. The standard InChI is InChI=1S/C15H19N3O/c1-18-8-5-12(6-9-18)19-14-3-2-11-10-17-7-4-13(11)15(14)16/h2-4,7,10,12H,5-6,8-9,16H2,1H3. The maximum absolute atomic E-state index is 6.20. The zero-order chi connectivity index (χ0) is 13.2. The maximum Gasteiger partial charge on any atom is 0.143 e. The van der Waals surface area contributed by atoms with Gasteiger partial charge in [-0.1, -0.05) is 0 Å². The number of nitrogen functional groups attached to an aromatic ring is 1. The predicted octanol–water partition coefficient (Wildman–Crippen LogP) is 2.29. The summed E-state index contributed by atoms with van der Waals surface area (Å²) in [5.41, 5.74) is 6.92. The molecule has 0 unspecified atom stereocenters. The van der Waals surface area contributed by atoms with E-state index in [0.717, 1.165) is 48.1 Å². The van der Waals surface area contributed by atoms with Gasteiger partial charge in [-0.15, -0.1) is 0 Å². The Hall–Kier alpha value is -1.81. The maximum atomic E-state index is 6.20. The quantitative estimate of drug-likeness (QED) is 0.839. The van der Waals surface area contributed by atoms with Crippen molar-refractivity contribution in [3.05, 3.63) is 30.6 Å². The summed E-state index contributed by atoms with van der Waals surface area (Å²) in [6.07, 6.45) is 5.98. The fourth-order valence-electron chi connectivity index (χ4n) is 2.56. The molecule has 1 aromatic carbocycles. The summed E-state index contributed by atoms with van der Waals surface area (Å²) in [7, 11) is 2.15. The van der Waals surface area contributed by atoms with Gasteiger partial charge >= 0.3 is 0 Å². The number of likely N-dealkylation sites (tertiary alicyclic amines) is 1. The van der Waals surface area contributed by atoms with Gasteiger partial charge in [0.25, 0.3) is 0 Å². The minimum Gasteiger partial charge on any atom is -0.488 e. The molecule has 4 nitrogen and oxygen atoms in total. The average molecular weight is 257 g/mol. The van der Waals surface area contributed by atoms with Gasteiger partial charge in [0.15, 0.2) is 0 Å². The number of nitrogens with two attached hydrogens (primary N) is 1. The first-order chi connectivity index (χ1) is 9.24. The van der Waals surface area contributed by atoms with Crippen molar-refractivity contribution in [3.8, 4) is 5.75 Å². The molecule has 2 N–H and O–H groups in total. The highest BCUT2D eigenvalue weighted by molar-refractivity contribution is 5.95. The van der Waals surface area contributed by atoms with Crippen LogP contribution in [0.15, 0.2) is 30.6 Å². The van der Waals surface area contributed by atoms with Crippen LogP contribution in [0.2, 0.25) is 0 Å². The van der Waals surface area contributed by atoms with E-state index in [1.807, 2.05) is 24.4 Å². The van der Waals surface area contributed by atoms with Crippen molar-refractivity contribution < 1.29 is 4.74 Å². The number of hydrogen-bond donors (Lipinski definition) is 1. The number of pyridine rings is 1. The number of aromatic nitrogens is 1. The molecular formula is C15H19N3O. The van der Waals surface area contributed by atoms with E-state index in [9.17, 15) is 0 Å². The fraction of sp³-hybridized carbons (Fsp3) is 0.400. The van der Waals surface area contributed by atoms with Crippen LogP contribution in [-0.2, 0) is 0 Å². The third-order valence-electron chi connectivity index (χ3n) is 3.78. The molecule has 0 radical (unpaired) electrons. The lowest BCUT2D eigenvalue weighted by Crippen LogP contribution is -2.35. The molecule has 1 aliphatic heterocycles. The minimum absolute atomic E-state index is 0.276. The molecule has 2 aromatic rings. The zero-order valence-electron chi connectivity index (χ0n) is 11.2. The van der Waals surface area contributed by atoms with Crippen molar-refractivity contribution in [1.82, 2.24) is 9.88 Å². The second kappa shape index (κ2) is 5.05. The topological polar surface area (TPSA) is 51.4 Å². The summed E-state index contributed by atoms with van der Waals surface area (Å²) in [6, 6.07) is 5.91. The van der Waals surface area contributed by atoms with E-state index in [0.29, 0.717) is 0 Å². The molecule has 1 aromatic heterocycles. The third-order valence-corrected chi connectivity index (χ3v) is 3.78. The van der Waals surface area contributed by atoms with Crippen molar-refractivity contribution in [1.29, 1.82) is 0 Å². The Balaban J connectivity index is 1.83. The summed E-state index contributed by atoms with van der Waals surface area (Å²) < 4.78 is 6.07. The molecule has 0 amide bonds. The Labute approximate surface area is 113 Å². The molecular weight excluding hydrogens is 238 g/mol. The van der Waals surface area contributed by atoms with E-state index in [1.54, 1.807) is 6.20 Å². The Bertz CT molecular complexity index is 577. The van der Waals surface area contributed by atoms with E-state index in [4.69, 9.17) is 10.5 Å². The number of nitrogens with zero attached hydrogens (tertiary/aromatic N) is 2. The van der Waals surface area contributed by atoms with E-state index < -0.39 is 0 Å². The predicted molar refractivity (Wildman–Crippen MR) is 77.3 cm³/mol. The molecule has 0 atom stereocenters. The number of anilines is 1. The van der Waals surface area contributed by atoms with Crippen LogP contribution in [0, 0.1) is 0 Å². The largest absolute Gasteiger partial charge is 0.488 e. The summed E-state index contributed by atoms with van der Waals surface area (Å²) in [4.78, 5) is 6.43. The molecule has 0 bridgehead atoms. The molecule has 2 heterocycles. The molecule has 0 aliphatic carbocycles. The highest BCUT2D eigenvalue weighted by Gasteiger charge is 2.19. The van der Waals surface area contributed by atoms with Gasteiger partial charge in [0.05, 0.1) is 5.69 Å². The Kier molecular flexibility index (Phi) is 3.25. The SMILES string of the molecule is CN1CCC(Oc2ccc3cnccc3c2N)CC1. The second-order valence-corrected chi connectivity index (χ2v) is 5.19. The van der Waals surface area contributed by atoms with Gasteiger partial charge in [-0.05, 0) is 38.1 Å². The summed E-state index contributed by atoms with van der Waals surface area (Å²) in [6.45, 7) is 2.17. The molecule has 0 saturated carbocycles. The second-order valence-electron chi connectivity index (χ2n) is 5.19. The molecule has 1 saturated heterocycles. The molecule has 100 valence electrons.